The second-order valence-corrected chi connectivity index (χ2v) is 23.4. The van der Waals surface area contributed by atoms with Gasteiger partial charge in [0.1, 0.15) is 13.2 Å². The monoisotopic (exact) mass is 1110 g/mol. The first-order valence-electron chi connectivity index (χ1n) is 34.8. The Bertz CT molecular complexity index is 1410. The fourth-order valence-corrected chi connectivity index (χ4v) is 10.2. The zero-order chi connectivity index (χ0) is 57.1. The molecule has 0 aromatic heterocycles. The van der Waals surface area contributed by atoms with Gasteiger partial charge in [0.2, 0.25) is 0 Å². The van der Waals surface area contributed by atoms with Crippen LogP contribution in [0.5, 0.6) is 0 Å². The second-order valence-electron chi connectivity index (χ2n) is 23.4. The molecule has 0 fully saturated rings. The molecule has 1 atom stereocenters. The summed E-state index contributed by atoms with van der Waals surface area (Å²) >= 11 is 0. The van der Waals surface area contributed by atoms with E-state index in [1.54, 1.807) is 0 Å². The summed E-state index contributed by atoms with van der Waals surface area (Å²) in [6.45, 7) is 6.67. The molecule has 6 heteroatoms. The van der Waals surface area contributed by atoms with E-state index in [1.165, 1.54) is 250 Å². The summed E-state index contributed by atoms with van der Waals surface area (Å²) in [5.41, 5.74) is 0. The maximum Gasteiger partial charge on any atom is 0.306 e. The number of rotatable bonds is 64. The van der Waals surface area contributed by atoms with Crippen LogP contribution >= 0.6 is 0 Å². The summed E-state index contributed by atoms with van der Waals surface area (Å²) in [4.78, 5) is 38.4. The van der Waals surface area contributed by atoms with E-state index in [0.717, 1.165) is 77.0 Å². The highest BCUT2D eigenvalue weighted by molar-refractivity contribution is 5.71. The smallest absolute Gasteiger partial charge is 0.306 e. The van der Waals surface area contributed by atoms with Gasteiger partial charge in [0.25, 0.3) is 0 Å². The van der Waals surface area contributed by atoms with E-state index in [4.69, 9.17) is 14.2 Å². The molecule has 0 saturated carbocycles. The first kappa shape index (κ1) is 76.1. The van der Waals surface area contributed by atoms with Crippen molar-refractivity contribution in [1.82, 2.24) is 0 Å². The van der Waals surface area contributed by atoms with Crippen LogP contribution in [-0.4, -0.2) is 37.2 Å². The molecular formula is C73H132O6. The van der Waals surface area contributed by atoms with E-state index < -0.39 is 6.10 Å². The number of carbonyl (C=O) groups is 3. The van der Waals surface area contributed by atoms with Crippen LogP contribution in [0.15, 0.2) is 60.8 Å². The van der Waals surface area contributed by atoms with Crippen molar-refractivity contribution in [2.24, 2.45) is 0 Å². The second kappa shape index (κ2) is 67.6. The van der Waals surface area contributed by atoms with Gasteiger partial charge in [0.05, 0.1) is 0 Å². The first-order valence-corrected chi connectivity index (χ1v) is 34.8. The largest absolute Gasteiger partial charge is 0.462 e. The fourth-order valence-electron chi connectivity index (χ4n) is 10.2. The summed E-state index contributed by atoms with van der Waals surface area (Å²) in [6.07, 6.45) is 86.6. The van der Waals surface area contributed by atoms with E-state index in [-0.39, 0.29) is 31.1 Å². The summed E-state index contributed by atoms with van der Waals surface area (Å²) in [5.74, 6) is -0.870. The van der Waals surface area contributed by atoms with Gasteiger partial charge in [0, 0.05) is 19.3 Å². The molecule has 0 N–H and O–H groups in total. The number of unbranched alkanes of at least 4 members (excludes halogenated alkanes) is 43. The van der Waals surface area contributed by atoms with Crippen molar-refractivity contribution in [2.75, 3.05) is 13.2 Å². The number of ether oxygens (including phenoxy) is 3. The Hall–Kier alpha value is -2.89. The van der Waals surface area contributed by atoms with Gasteiger partial charge >= 0.3 is 17.9 Å². The van der Waals surface area contributed by atoms with Crippen molar-refractivity contribution in [3.63, 3.8) is 0 Å². The lowest BCUT2D eigenvalue weighted by Crippen LogP contribution is -2.30. The average Bonchev–Trinajstić information content (AvgIpc) is 3.45. The lowest BCUT2D eigenvalue weighted by molar-refractivity contribution is -0.167. The number of hydrogen-bond donors (Lipinski definition) is 0. The standard InChI is InChI=1S/C73H132O6/c1-4-7-10-13-16-19-22-25-28-30-32-34-35-36-37-39-40-42-45-48-51-54-57-60-63-66-72(75)78-69-70(68-77-71(74)65-62-59-56-53-50-47-44-27-24-21-18-15-12-9-6-3)79-73(76)67-64-61-58-55-52-49-46-43-41-38-33-31-29-26-23-20-17-14-11-8-5-2/h22,25,27,30-33,35-36,44,70H,4-21,23-24,26,28-29,34,37-43,45-69H2,1-3H3/b25-22-,32-30-,33-31-,36-35-,44-27-. The highest BCUT2D eigenvalue weighted by Gasteiger charge is 2.19. The van der Waals surface area contributed by atoms with Gasteiger partial charge in [-0.3, -0.25) is 14.4 Å². The Morgan fingerprint density at radius 1 is 0.253 bits per heavy atom. The summed E-state index contributed by atoms with van der Waals surface area (Å²) in [7, 11) is 0. The molecule has 1 unspecified atom stereocenters. The maximum absolute atomic E-state index is 12.9. The van der Waals surface area contributed by atoms with Crippen LogP contribution in [0.25, 0.3) is 0 Å². The summed E-state index contributed by atoms with van der Waals surface area (Å²) < 4.78 is 17.0. The Labute approximate surface area is 491 Å². The predicted molar refractivity (Wildman–Crippen MR) is 344 cm³/mol. The molecule has 0 aliphatic heterocycles. The molecule has 0 saturated heterocycles. The zero-order valence-corrected chi connectivity index (χ0v) is 52.9. The van der Waals surface area contributed by atoms with Crippen molar-refractivity contribution in [2.45, 2.75) is 374 Å². The van der Waals surface area contributed by atoms with E-state index in [1.807, 2.05) is 0 Å². The molecule has 0 aliphatic rings. The fraction of sp³-hybridized carbons (Fsp3) is 0.822. The SMILES string of the molecule is CCCCCCC/C=C\C/C=C\C/C=C\CCCCCCCCCCCCC(=O)OCC(COC(=O)CCCCCCC/C=C\CCCCCCCC)OC(=O)CCCCCCCCCCC/C=C\CCCCCCCCCC. The van der Waals surface area contributed by atoms with Gasteiger partial charge in [-0.05, 0) is 109 Å². The number of hydrogen-bond acceptors (Lipinski definition) is 6. The Morgan fingerprint density at radius 3 is 0.722 bits per heavy atom. The Kier molecular flexibility index (Phi) is 65.1. The van der Waals surface area contributed by atoms with E-state index in [0.29, 0.717) is 19.3 Å². The minimum atomic E-state index is -0.782. The number of allylic oxidation sites excluding steroid dienone is 10. The lowest BCUT2D eigenvalue weighted by Gasteiger charge is -2.18. The van der Waals surface area contributed by atoms with Gasteiger partial charge in [-0.1, -0.05) is 300 Å². The van der Waals surface area contributed by atoms with Crippen LogP contribution in [0, 0.1) is 0 Å². The van der Waals surface area contributed by atoms with Crippen LogP contribution in [0.4, 0.5) is 0 Å². The average molecular weight is 1110 g/mol. The summed E-state index contributed by atoms with van der Waals surface area (Å²) in [6, 6.07) is 0. The van der Waals surface area contributed by atoms with Crippen LogP contribution in [0.2, 0.25) is 0 Å². The third-order valence-electron chi connectivity index (χ3n) is 15.5. The molecule has 460 valence electrons. The third-order valence-corrected chi connectivity index (χ3v) is 15.5. The van der Waals surface area contributed by atoms with Crippen molar-refractivity contribution in [3.8, 4) is 0 Å². The number of carbonyl (C=O) groups excluding carboxylic acids is 3. The molecule has 0 heterocycles. The van der Waals surface area contributed by atoms with Gasteiger partial charge < -0.3 is 14.2 Å². The molecule has 0 amide bonds. The molecule has 0 aromatic carbocycles. The van der Waals surface area contributed by atoms with E-state index in [9.17, 15) is 14.4 Å². The molecule has 0 rings (SSSR count). The summed E-state index contributed by atoms with van der Waals surface area (Å²) in [5, 5.41) is 0. The highest BCUT2D eigenvalue weighted by Crippen LogP contribution is 2.17. The van der Waals surface area contributed by atoms with Crippen LogP contribution < -0.4 is 0 Å². The number of esters is 3. The van der Waals surface area contributed by atoms with Crippen LogP contribution in [0.3, 0.4) is 0 Å². The topological polar surface area (TPSA) is 78.9 Å². The Balaban J connectivity index is 4.32. The van der Waals surface area contributed by atoms with Gasteiger partial charge in [-0.15, -0.1) is 0 Å². The van der Waals surface area contributed by atoms with E-state index >= 15 is 0 Å². The molecule has 0 bridgehead atoms. The zero-order valence-electron chi connectivity index (χ0n) is 52.9. The van der Waals surface area contributed by atoms with Crippen LogP contribution in [-0.2, 0) is 28.6 Å². The van der Waals surface area contributed by atoms with Crippen LogP contribution in [0.1, 0.15) is 367 Å². The Morgan fingerprint density at radius 2 is 0.456 bits per heavy atom. The molecule has 79 heavy (non-hydrogen) atoms. The highest BCUT2D eigenvalue weighted by atomic mass is 16.6. The third kappa shape index (κ3) is 65.8. The van der Waals surface area contributed by atoms with Crippen molar-refractivity contribution in [3.05, 3.63) is 60.8 Å². The van der Waals surface area contributed by atoms with Gasteiger partial charge in [-0.25, -0.2) is 0 Å². The molecule has 0 spiro atoms. The minimum absolute atomic E-state index is 0.0774. The van der Waals surface area contributed by atoms with E-state index in [2.05, 4.69) is 81.5 Å². The molecular weight excluding hydrogens is 973 g/mol. The molecule has 0 aliphatic carbocycles. The molecule has 0 radical (unpaired) electrons. The van der Waals surface area contributed by atoms with Gasteiger partial charge in [0.15, 0.2) is 6.10 Å². The van der Waals surface area contributed by atoms with Crippen molar-refractivity contribution in [1.29, 1.82) is 0 Å². The van der Waals surface area contributed by atoms with Gasteiger partial charge in [-0.2, -0.15) is 0 Å². The quantitative estimate of drug-likeness (QED) is 0.0261. The van der Waals surface area contributed by atoms with Crippen molar-refractivity contribution >= 4 is 17.9 Å². The molecule has 0 aromatic rings. The molecule has 6 nitrogen and oxygen atoms in total. The normalized spacial score (nSPS) is 12.4. The first-order chi connectivity index (χ1) is 39.0. The maximum atomic E-state index is 12.9. The minimum Gasteiger partial charge on any atom is -0.462 e. The predicted octanol–water partition coefficient (Wildman–Crippen LogP) is 23.9. The lowest BCUT2D eigenvalue weighted by atomic mass is 10.0. The van der Waals surface area contributed by atoms with Crippen molar-refractivity contribution < 1.29 is 28.6 Å².